The molecule has 0 saturated carbocycles. The SMILES string of the molecule is CC(N)C(c1ccncc1)N(C)CC1CCCN1C. The number of rotatable bonds is 5. The Kier molecular flexibility index (Phi) is 4.91. The van der Waals surface area contributed by atoms with Gasteiger partial charge in [-0.15, -0.1) is 0 Å². The first kappa shape index (κ1) is 14.4. The fourth-order valence-corrected chi connectivity index (χ4v) is 3.18. The van der Waals surface area contributed by atoms with E-state index < -0.39 is 0 Å². The summed E-state index contributed by atoms with van der Waals surface area (Å²) in [6.07, 6.45) is 6.30. The van der Waals surface area contributed by atoms with E-state index in [-0.39, 0.29) is 12.1 Å². The van der Waals surface area contributed by atoms with Gasteiger partial charge in [-0.05, 0) is 58.1 Å². The zero-order chi connectivity index (χ0) is 13.8. The van der Waals surface area contributed by atoms with Crippen molar-refractivity contribution in [2.45, 2.75) is 37.9 Å². The Balaban J connectivity index is 2.07. The predicted molar refractivity (Wildman–Crippen MR) is 78.9 cm³/mol. The number of pyridine rings is 1. The van der Waals surface area contributed by atoms with Crippen molar-refractivity contribution in [2.24, 2.45) is 5.73 Å². The lowest BCUT2D eigenvalue weighted by molar-refractivity contribution is 0.163. The topological polar surface area (TPSA) is 45.4 Å². The summed E-state index contributed by atoms with van der Waals surface area (Å²) in [4.78, 5) is 8.95. The molecule has 1 fully saturated rings. The smallest absolute Gasteiger partial charge is 0.0495 e. The molecule has 19 heavy (non-hydrogen) atoms. The molecule has 3 unspecified atom stereocenters. The third-order valence-electron chi connectivity index (χ3n) is 4.19. The van der Waals surface area contributed by atoms with Crippen molar-refractivity contribution < 1.29 is 0 Å². The molecule has 2 rings (SSSR count). The minimum Gasteiger partial charge on any atom is -0.326 e. The second-order valence-corrected chi connectivity index (χ2v) is 5.80. The molecule has 1 aliphatic heterocycles. The molecule has 1 saturated heterocycles. The highest BCUT2D eigenvalue weighted by atomic mass is 15.2. The molecule has 2 heterocycles. The van der Waals surface area contributed by atoms with E-state index in [4.69, 9.17) is 5.73 Å². The van der Waals surface area contributed by atoms with Gasteiger partial charge in [-0.3, -0.25) is 9.88 Å². The molecule has 0 radical (unpaired) electrons. The molecule has 4 nitrogen and oxygen atoms in total. The Morgan fingerprint density at radius 1 is 1.47 bits per heavy atom. The van der Waals surface area contributed by atoms with Crippen LogP contribution in [-0.2, 0) is 0 Å². The van der Waals surface area contributed by atoms with Crippen molar-refractivity contribution in [3.8, 4) is 0 Å². The maximum atomic E-state index is 6.20. The van der Waals surface area contributed by atoms with Crippen LogP contribution >= 0.6 is 0 Å². The normalized spacial score (nSPS) is 23.7. The third kappa shape index (κ3) is 3.53. The molecule has 0 aliphatic carbocycles. The highest BCUT2D eigenvalue weighted by Gasteiger charge is 2.27. The lowest BCUT2D eigenvalue weighted by atomic mass is 10.00. The standard InChI is InChI=1S/C15H26N4/c1-12(16)15(13-6-8-17-9-7-13)19(3)11-14-5-4-10-18(14)2/h6-9,12,14-15H,4-5,10-11,16H2,1-3H3. The molecule has 1 aromatic rings. The maximum Gasteiger partial charge on any atom is 0.0495 e. The first-order valence-corrected chi connectivity index (χ1v) is 7.15. The molecule has 0 amide bonds. The van der Waals surface area contributed by atoms with E-state index >= 15 is 0 Å². The summed E-state index contributed by atoms with van der Waals surface area (Å²) in [5.41, 5.74) is 7.46. The lowest BCUT2D eigenvalue weighted by Crippen LogP contribution is -2.43. The number of hydrogen-bond donors (Lipinski definition) is 1. The van der Waals surface area contributed by atoms with Crippen LogP contribution in [0, 0.1) is 0 Å². The van der Waals surface area contributed by atoms with Crippen molar-refractivity contribution >= 4 is 0 Å². The Morgan fingerprint density at radius 3 is 2.68 bits per heavy atom. The van der Waals surface area contributed by atoms with E-state index in [9.17, 15) is 0 Å². The molecule has 1 aliphatic rings. The van der Waals surface area contributed by atoms with Gasteiger partial charge in [0.15, 0.2) is 0 Å². The zero-order valence-corrected chi connectivity index (χ0v) is 12.3. The largest absolute Gasteiger partial charge is 0.326 e. The van der Waals surface area contributed by atoms with Gasteiger partial charge in [-0.1, -0.05) is 0 Å². The number of nitrogens with zero attached hydrogens (tertiary/aromatic N) is 3. The average Bonchev–Trinajstić information content (AvgIpc) is 2.76. The third-order valence-corrected chi connectivity index (χ3v) is 4.19. The Hall–Kier alpha value is -0.970. The average molecular weight is 262 g/mol. The molecule has 4 heteroatoms. The van der Waals surface area contributed by atoms with Gasteiger partial charge in [-0.2, -0.15) is 0 Å². The van der Waals surface area contributed by atoms with E-state index in [1.54, 1.807) is 0 Å². The summed E-state index contributed by atoms with van der Waals surface area (Å²) < 4.78 is 0. The Bertz CT molecular complexity index is 379. The van der Waals surface area contributed by atoms with Gasteiger partial charge in [0.25, 0.3) is 0 Å². The Morgan fingerprint density at radius 2 is 2.16 bits per heavy atom. The summed E-state index contributed by atoms with van der Waals surface area (Å²) in [6.45, 7) is 4.38. The van der Waals surface area contributed by atoms with Crippen LogP contribution < -0.4 is 5.73 Å². The second-order valence-electron chi connectivity index (χ2n) is 5.80. The summed E-state index contributed by atoms with van der Waals surface area (Å²) in [5.74, 6) is 0. The van der Waals surface area contributed by atoms with Gasteiger partial charge in [-0.25, -0.2) is 0 Å². The van der Waals surface area contributed by atoms with E-state index in [0.29, 0.717) is 6.04 Å². The summed E-state index contributed by atoms with van der Waals surface area (Å²) in [5, 5.41) is 0. The second kappa shape index (κ2) is 6.46. The van der Waals surface area contributed by atoms with E-state index in [2.05, 4.69) is 47.9 Å². The van der Waals surface area contributed by atoms with Gasteiger partial charge in [0.05, 0.1) is 0 Å². The lowest BCUT2D eigenvalue weighted by Gasteiger charge is -2.34. The van der Waals surface area contributed by atoms with Crippen LogP contribution in [-0.4, -0.2) is 54.1 Å². The van der Waals surface area contributed by atoms with E-state index in [1.165, 1.54) is 24.9 Å². The fraction of sp³-hybridized carbons (Fsp3) is 0.667. The van der Waals surface area contributed by atoms with Crippen molar-refractivity contribution in [1.82, 2.24) is 14.8 Å². The Labute approximate surface area is 116 Å². The summed E-state index contributed by atoms with van der Waals surface area (Å²) in [6, 6.07) is 5.18. The van der Waals surface area contributed by atoms with Crippen LogP contribution in [0.25, 0.3) is 0 Å². The van der Waals surface area contributed by atoms with Gasteiger partial charge in [0.1, 0.15) is 0 Å². The summed E-state index contributed by atoms with van der Waals surface area (Å²) >= 11 is 0. The van der Waals surface area contributed by atoms with Crippen LogP contribution in [0.2, 0.25) is 0 Å². The van der Waals surface area contributed by atoms with Crippen molar-refractivity contribution in [3.05, 3.63) is 30.1 Å². The van der Waals surface area contributed by atoms with Crippen molar-refractivity contribution in [3.63, 3.8) is 0 Å². The first-order chi connectivity index (χ1) is 9.09. The molecule has 1 aromatic heterocycles. The first-order valence-electron chi connectivity index (χ1n) is 7.15. The van der Waals surface area contributed by atoms with E-state index in [0.717, 1.165) is 6.54 Å². The van der Waals surface area contributed by atoms with Crippen LogP contribution in [0.5, 0.6) is 0 Å². The molecule has 2 N–H and O–H groups in total. The molecular weight excluding hydrogens is 236 g/mol. The monoisotopic (exact) mass is 262 g/mol. The van der Waals surface area contributed by atoms with Gasteiger partial charge >= 0.3 is 0 Å². The number of likely N-dealkylation sites (tertiary alicyclic amines) is 1. The highest BCUT2D eigenvalue weighted by Crippen LogP contribution is 2.24. The predicted octanol–water partition coefficient (Wildman–Crippen LogP) is 1.50. The molecule has 106 valence electrons. The summed E-state index contributed by atoms with van der Waals surface area (Å²) in [7, 11) is 4.40. The van der Waals surface area contributed by atoms with Crippen LogP contribution in [0.4, 0.5) is 0 Å². The molecule has 0 aromatic carbocycles. The van der Waals surface area contributed by atoms with Gasteiger partial charge in [0, 0.05) is 37.1 Å². The van der Waals surface area contributed by atoms with Crippen LogP contribution in [0.15, 0.2) is 24.5 Å². The minimum absolute atomic E-state index is 0.110. The quantitative estimate of drug-likeness (QED) is 0.873. The number of hydrogen-bond acceptors (Lipinski definition) is 4. The number of nitrogens with two attached hydrogens (primary N) is 1. The van der Waals surface area contributed by atoms with E-state index in [1.807, 2.05) is 12.4 Å². The van der Waals surface area contributed by atoms with Gasteiger partial charge in [0.2, 0.25) is 0 Å². The highest BCUT2D eigenvalue weighted by molar-refractivity contribution is 5.17. The molecule has 3 atom stereocenters. The van der Waals surface area contributed by atoms with Crippen LogP contribution in [0.1, 0.15) is 31.4 Å². The molecular formula is C15H26N4. The molecule has 0 bridgehead atoms. The zero-order valence-electron chi connectivity index (χ0n) is 12.3. The van der Waals surface area contributed by atoms with Crippen LogP contribution in [0.3, 0.4) is 0 Å². The maximum absolute atomic E-state index is 6.20. The minimum atomic E-state index is 0.110. The van der Waals surface area contributed by atoms with Gasteiger partial charge < -0.3 is 10.6 Å². The molecule has 0 spiro atoms. The van der Waals surface area contributed by atoms with Crippen molar-refractivity contribution in [1.29, 1.82) is 0 Å². The van der Waals surface area contributed by atoms with Crippen molar-refractivity contribution in [2.75, 3.05) is 27.2 Å². The fourth-order valence-electron chi connectivity index (χ4n) is 3.18. The number of aromatic nitrogens is 1. The number of likely N-dealkylation sites (N-methyl/N-ethyl adjacent to an activating group) is 2.